The van der Waals surface area contributed by atoms with Crippen LogP contribution in [0.15, 0.2) is 41.8 Å². The van der Waals surface area contributed by atoms with E-state index in [1.807, 2.05) is 24.3 Å². The number of anilines is 1. The molecule has 0 amide bonds. The summed E-state index contributed by atoms with van der Waals surface area (Å²) in [6.07, 6.45) is 5.82. The standard InChI is InChI=1S/C21H26N4O2/c1-3-16-5-4-6-17(13-16)25-20(26)19(27-15-21(2)7-8-21)18(14-23-25)24-11-9-22-10-12-24/h3-6,13-14,22H,1,7-12,15H2,2H3. The summed E-state index contributed by atoms with van der Waals surface area (Å²) in [5.41, 5.74) is 2.44. The molecule has 2 aliphatic rings. The molecule has 4 rings (SSSR count). The van der Waals surface area contributed by atoms with Gasteiger partial charge in [-0.25, -0.2) is 0 Å². The smallest absolute Gasteiger partial charge is 0.316 e. The second-order valence-electron chi connectivity index (χ2n) is 7.71. The van der Waals surface area contributed by atoms with E-state index in [1.165, 1.54) is 4.68 Å². The molecule has 1 aromatic carbocycles. The van der Waals surface area contributed by atoms with Crippen LogP contribution in [0.4, 0.5) is 5.69 Å². The van der Waals surface area contributed by atoms with E-state index in [0.29, 0.717) is 18.0 Å². The Morgan fingerprint density at radius 1 is 1.33 bits per heavy atom. The van der Waals surface area contributed by atoms with Crippen LogP contribution >= 0.6 is 0 Å². The number of nitrogens with zero attached hydrogens (tertiary/aromatic N) is 3. The number of nitrogens with one attached hydrogen (secondary N) is 1. The first kappa shape index (κ1) is 17.8. The van der Waals surface area contributed by atoms with Crippen molar-refractivity contribution >= 4 is 11.8 Å². The molecule has 1 aliphatic carbocycles. The van der Waals surface area contributed by atoms with Gasteiger partial charge in [-0.3, -0.25) is 4.79 Å². The zero-order valence-corrected chi connectivity index (χ0v) is 15.8. The number of hydrogen-bond acceptors (Lipinski definition) is 5. The number of hydrogen-bond donors (Lipinski definition) is 1. The maximum Gasteiger partial charge on any atom is 0.316 e. The molecule has 27 heavy (non-hydrogen) atoms. The molecule has 0 spiro atoms. The van der Waals surface area contributed by atoms with E-state index in [0.717, 1.165) is 50.3 Å². The van der Waals surface area contributed by atoms with Gasteiger partial charge in [0.1, 0.15) is 5.69 Å². The lowest BCUT2D eigenvalue weighted by Gasteiger charge is -2.30. The maximum atomic E-state index is 13.3. The first-order valence-corrected chi connectivity index (χ1v) is 9.53. The quantitative estimate of drug-likeness (QED) is 0.851. The average Bonchev–Trinajstić information content (AvgIpc) is 3.45. The van der Waals surface area contributed by atoms with Gasteiger partial charge in [-0.2, -0.15) is 9.78 Å². The van der Waals surface area contributed by atoms with Crippen molar-refractivity contribution in [3.63, 3.8) is 0 Å². The molecule has 0 radical (unpaired) electrons. The van der Waals surface area contributed by atoms with Gasteiger partial charge in [-0.1, -0.05) is 31.7 Å². The monoisotopic (exact) mass is 366 g/mol. The fraction of sp³-hybridized carbons (Fsp3) is 0.429. The van der Waals surface area contributed by atoms with Gasteiger partial charge in [0, 0.05) is 31.6 Å². The predicted octanol–water partition coefficient (Wildman–Crippen LogP) is 2.46. The van der Waals surface area contributed by atoms with E-state index >= 15 is 0 Å². The molecule has 1 saturated heterocycles. The molecule has 2 aromatic rings. The topological polar surface area (TPSA) is 59.4 Å². The second kappa shape index (κ2) is 7.19. The van der Waals surface area contributed by atoms with Crippen LogP contribution < -0.4 is 20.5 Å². The summed E-state index contributed by atoms with van der Waals surface area (Å²) < 4.78 is 7.53. The average molecular weight is 366 g/mol. The van der Waals surface area contributed by atoms with Gasteiger partial charge >= 0.3 is 5.56 Å². The molecule has 6 heteroatoms. The zero-order chi connectivity index (χ0) is 18.9. The number of aromatic nitrogens is 2. The van der Waals surface area contributed by atoms with Crippen LogP contribution in [0, 0.1) is 5.41 Å². The Hall–Kier alpha value is -2.60. The normalized spacial score (nSPS) is 18.2. The Kier molecular flexibility index (Phi) is 4.74. The van der Waals surface area contributed by atoms with E-state index in [4.69, 9.17) is 4.74 Å². The lowest BCUT2D eigenvalue weighted by atomic mass is 10.2. The molecule has 0 bridgehead atoms. The maximum absolute atomic E-state index is 13.3. The van der Waals surface area contributed by atoms with Gasteiger partial charge < -0.3 is 15.0 Å². The number of rotatable bonds is 6. The van der Waals surface area contributed by atoms with Gasteiger partial charge in [0.25, 0.3) is 0 Å². The Bertz CT molecular complexity index is 895. The highest BCUT2D eigenvalue weighted by Crippen LogP contribution is 2.45. The molecule has 2 fully saturated rings. The SMILES string of the molecule is C=Cc1cccc(-n2ncc(N3CCNCC3)c(OCC3(C)CC3)c2=O)c1. The summed E-state index contributed by atoms with van der Waals surface area (Å²) in [5.74, 6) is 0.407. The molecule has 1 N–H and O–H groups in total. The van der Waals surface area contributed by atoms with E-state index in [2.05, 4.69) is 28.8 Å². The summed E-state index contributed by atoms with van der Waals surface area (Å²) in [5, 5.41) is 7.79. The van der Waals surface area contributed by atoms with Crippen molar-refractivity contribution in [3.8, 4) is 11.4 Å². The lowest BCUT2D eigenvalue weighted by molar-refractivity contribution is 0.243. The summed E-state index contributed by atoms with van der Waals surface area (Å²) in [6.45, 7) is 10.0. The summed E-state index contributed by atoms with van der Waals surface area (Å²) in [7, 11) is 0. The minimum absolute atomic E-state index is 0.198. The third-order valence-corrected chi connectivity index (χ3v) is 5.39. The molecule has 6 nitrogen and oxygen atoms in total. The van der Waals surface area contributed by atoms with Crippen LogP contribution in [0.5, 0.6) is 5.75 Å². The summed E-state index contributed by atoms with van der Waals surface area (Å²) in [4.78, 5) is 15.5. The van der Waals surface area contributed by atoms with E-state index < -0.39 is 0 Å². The summed E-state index contributed by atoms with van der Waals surface area (Å²) in [6, 6.07) is 7.62. The first-order valence-electron chi connectivity index (χ1n) is 9.53. The van der Waals surface area contributed by atoms with E-state index in [1.54, 1.807) is 12.3 Å². The molecule has 0 atom stereocenters. The van der Waals surface area contributed by atoms with Crippen LogP contribution in [0.1, 0.15) is 25.3 Å². The molecular weight excluding hydrogens is 340 g/mol. The molecule has 1 aromatic heterocycles. The van der Waals surface area contributed by atoms with E-state index in [-0.39, 0.29) is 11.0 Å². The largest absolute Gasteiger partial charge is 0.486 e. The molecule has 1 saturated carbocycles. The summed E-state index contributed by atoms with van der Waals surface area (Å²) >= 11 is 0. The van der Waals surface area contributed by atoms with Crippen LogP contribution in [-0.2, 0) is 0 Å². The van der Waals surface area contributed by atoms with Crippen molar-refractivity contribution < 1.29 is 4.74 Å². The third kappa shape index (κ3) is 3.76. The van der Waals surface area contributed by atoms with Crippen LogP contribution in [0.2, 0.25) is 0 Å². The highest BCUT2D eigenvalue weighted by molar-refractivity contribution is 5.58. The molecule has 1 aliphatic heterocycles. The van der Waals surface area contributed by atoms with Crippen molar-refractivity contribution in [1.82, 2.24) is 15.1 Å². The van der Waals surface area contributed by atoms with Gasteiger partial charge in [0.05, 0.1) is 18.5 Å². The van der Waals surface area contributed by atoms with Crippen molar-refractivity contribution in [3.05, 3.63) is 53.0 Å². The van der Waals surface area contributed by atoms with Crippen molar-refractivity contribution in [1.29, 1.82) is 0 Å². The molecule has 2 heterocycles. The van der Waals surface area contributed by atoms with Gasteiger partial charge in [0.2, 0.25) is 5.75 Å². The van der Waals surface area contributed by atoms with E-state index in [9.17, 15) is 4.79 Å². The van der Waals surface area contributed by atoms with Crippen molar-refractivity contribution in [2.75, 3.05) is 37.7 Å². The van der Waals surface area contributed by atoms with Gasteiger partial charge in [0.15, 0.2) is 0 Å². The Balaban J connectivity index is 1.74. The minimum Gasteiger partial charge on any atom is -0.486 e. The number of benzene rings is 1. The zero-order valence-electron chi connectivity index (χ0n) is 15.8. The number of ether oxygens (including phenoxy) is 1. The Labute approximate surface area is 159 Å². The molecule has 142 valence electrons. The lowest BCUT2D eigenvalue weighted by Crippen LogP contribution is -2.44. The van der Waals surface area contributed by atoms with Crippen LogP contribution in [0.3, 0.4) is 0 Å². The highest BCUT2D eigenvalue weighted by Gasteiger charge is 2.38. The van der Waals surface area contributed by atoms with Crippen LogP contribution in [0.25, 0.3) is 11.8 Å². The van der Waals surface area contributed by atoms with Crippen molar-refractivity contribution in [2.45, 2.75) is 19.8 Å². The molecule has 0 unspecified atom stereocenters. The Morgan fingerprint density at radius 2 is 2.11 bits per heavy atom. The highest BCUT2D eigenvalue weighted by atomic mass is 16.5. The number of piperazine rings is 1. The first-order chi connectivity index (χ1) is 13.1. The van der Waals surface area contributed by atoms with Crippen molar-refractivity contribution in [2.24, 2.45) is 5.41 Å². The fourth-order valence-electron chi connectivity index (χ4n) is 3.27. The fourth-order valence-corrected chi connectivity index (χ4v) is 3.27. The third-order valence-electron chi connectivity index (χ3n) is 5.39. The Morgan fingerprint density at radius 3 is 2.81 bits per heavy atom. The molecular formula is C21H26N4O2. The second-order valence-corrected chi connectivity index (χ2v) is 7.71. The van der Waals surface area contributed by atoms with Crippen LogP contribution in [-0.4, -0.2) is 42.6 Å². The predicted molar refractivity (Wildman–Crippen MR) is 108 cm³/mol. The minimum atomic E-state index is -0.212. The van der Waals surface area contributed by atoms with Gasteiger partial charge in [-0.15, -0.1) is 0 Å². The van der Waals surface area contributed by atoms with Gasteiger partial charge in [-0.05, 0) is 30.5 Å².